The van der Waals surface area contributed by atoms with E-state index >= 15 is 0 Å². The maximum Gasteiger partial charge on any atom is 0.364 e. The van der Waals surface area contributed by atoms with Crippen molar-refractivity contribution in [1.82, 2.24) is 10.6 Å². The van der Waals surface area contributed by atoms with Crippen LogP contribution in [0.25, 0.3) is 0 Å². The first kappa shape index (κ1) is 40.8. The molecular weight excluding hydrogens is 668 g/mol. The lowest BCUT2D eigenvalue weighted by Gasteiger charge is -2.50. The average molecular weight is 713 g/mol. The second kappa shape index (κ2) is 17.5. The summed E-state index contributed by atoms with van der Waals surface area (Å²) in [7, 11) is 0. The number of amides is 2. The molecule has 0 aromatic heterocycles. The fourth-order valence-corrected chi connectivity index (χ4v) is 5.82. The molecule has 3 saturated heterocycles. The third-order valence-electron chi connectivity index (χ3n) is 8.18. The van der Waals surface area contributed by atoms with Gasteiger partial charge in [0.05, 0.1) is 32.0 Å². The van der Waals surface area contributed by atoms with Gasteiger partial charge in [-0.1, -0.05) is 5.92 Å². The SMILES string of the molecule is C#CCO[C@@H]1O[C@H](CO)[C@@H](O[C@@H]2O[C@H](CO)[C@H](O)[C@H](O[C@]3(C(=O)O)C[C@H](O)[C@@H](NC(C)=O)[C@H]([C@@H](O)[C@H](O)CO)O3)[C@H]2O)[C@H](O)[C@H]1NC(C)=O. The highest BCUT2D eigenvalue weighted by molar-refractivity contribution is 5.76. The van der Waals surface area contributed by atoms with E-state index in [2.05, 4.69) is 16.6 Å². The summed E-state index contributed by atoms with van der Waals surface area (Å²) in [5.74, 6) is -4.22. The Morgan fingerprint density at radius 3 is 2.02 bits per heavy atom. The van der Waals surface area contributed by atoms with Gasteiger partial charge in [0, 0.05) is 20.3 Å². The van der Waals surface area contributed by atoms with E-state index in [0.717, 1.165) is 13.8 Å². The Morgan fingerprint density at radius 1 is 0.898 bits per heavy atom. The van der Waals surface area contributed by atoms with Gasteiger partial charge in [-0.2, -0.15) is 0 Å². The molecule has 3 heterocycles. The zero-order valence-electron chi connectivity index (χ0n) is 26.4. The van der Waals surface area contributed by atoms with Crippen LogP contribution in [0.5, 0.6) is 0 Å². The average Bonchev–Trinajstić information content (AvgIpc) is 3.05. The number of carbonyl (C=O) groups excluding carboxylic acids is 2. The minimum Gasteiger partial charge on any atom is -0.477 e. The molecule has 280 valence electrons. The lowest BCUT2D eigenvalue weighted by molar-refractivity contribution is -0.382. The van der Waals surface area contributed by atoms with E-state index in [1.165, 1.54) is 0 Å². The minimum atomic E-state index is -3.04. The Balaban J connectivity index is 1.96. The number of ether oxygens (including phenoxy) is 6. The Hall–Kier alpha value is -2.63. The molecule has 16 atom stereocenters. The Morgan fingerprint density at radius 2 is 1.49 bits per heavy atom. The smallest absolute Gasteiger partial charge is 0.364 e. The molecule has 49 heavy (non-hydrogen) atoms. The number of aliphatic hydroxyl groups excluding tert-OH is 9. The van der Waals surface area contributed by atoms with E-state index in [1.54, 1.807) is 0 Å². The topological polar surface area (TPSA) is 333 Å². The van der Waals surface area contributed by atoms with Crippen LogP contribution in [0.3, 0.4) is 0 Å². The van der Waals surface area contributed by atoms with Crippen molar-refractivity contribution < 1.29 is 93.9 Å². The molecule has 3 aliphatic heterocycles. The van der Waals surface area contributed by atoms with Gasteiger partial charge >= 0.3 is 5.97 Å². The number of hydrogen-bond acceptors (Lipinski definition) is 18. The molecular formula is C28H44N2O19. The van der Waals surface area contributed by atoms with Crippen LogP contribution in [0, 0.1) is 12.3 Å². The maximum atomic E-state index is 12.7. The predicted molar refractivity (Wildman–Crippen MR) is 154 cm³/mol. The Bertz CT molecular complexity index is 1170. The van der Waals surface area contributed by atoms with Crippen LogP contribution in [0.2, 0.25) is 0 Å². The van der Waals surface area contributed by atoms with Crippen LogP contribution in [-0.2, 0) is 42.8 Å². The predicted octanol–water partition coefficient (Wildman–Crippen LogP) is -7.42. The van der Waals surface area contributed by atoms with Crippen molar-refractivity contribution in [3.05, 3.63) is 0 Å². The summed E-state index contributed by atoms with van der Waals surface area (Å²) >= 11 is 0. The molecule has 0 aliphatic carbocycles. The molecule has 3 fully saturated rings. The summed E-state index contributed by atoms with van der Waals surface area (Å²) in [6.07, 6.45) is -19.9. The second-order valence-corrected chi connectivity index (χ2v) is 11.7. The van der Waals surface area contributed by atoms with Crippen molar-refractivity contribution in [2.75, 3.05) is 26.4 Å². The first-order valence-corrected chi connectivity index (χ1v) is 15.1. The van der Waals surface area contributed by atoms with Crippen molar-refractivity contribution in [1.29, 1.82) is 0 Å². The van der Waals surface area contributed by atoms with Gasteiger partial charge in [0.2, 0.25) is 11.8 Å². The van der Waals surface area contributed by atoms with Gasteiger partial charge in [-0.25, -0.2) is 4.79 Å². The molecule has 12 N–H and O–H groups in total. The van der Waals surface area contributed by atoms with Crippen molar-refractivity contribution in [2.45, 2.75) is 118 Å². The highest BCUT2D eigenvalue weighted by atomic mass is 16.8. The van der Waals surface area contributed by atoms with Crippen molar-refractivity contribution in [3.8, 4) is 12.3 Å². The van der Waals surface area contributed by atoms with Gasteiger partial charge in [-0.3, -0.25) is 9.59 Å². The highest BCUT2D eigenvalue weighted by Crippen LogP contribution is 2.38. The number of aliphatic carboxylic acids is 1. The number of carbonyl (C=O) groups is 3. The van der Waals surface area contributed by atoms with Crippen LogP contribution < -0.4 is 10.6 Å². The van der Waals surface area contributed by atoms with Crippen molar-refractivity contribution in [2.24, 2.45) is 0 Å². The molecule has 0 aromatic carbocycles. The molecule has 0 radical (unpaired) electrons. The Kier molecular flexibility index (Phi) is 14.6. The van der Waals surface area contributed by atoms with Gasteiger partial charge in [-0.05, 0) is 0 Å². The summed E-state index contributed by atoms with van der Waals surface area (Å²) in [4.78, 5) is 36.4. The first-order valence-electron chi connectivity index (χ1n) is 15.1. The van der Waals surface area contributed by atoms with Gasteiger partial charge < -0.3 is 90.1 Å². The molecule has 3 aliphatic rings. The molecule has 3 rings (SSSR count). The van der Waals surface area contributed by atoms with Crippen LogP contribution in [0.15, 0.2) is 0 Å². The normalized spacial score (nSPS) is 40.8. The minimum absolute atomic E-state index is 0.318. The van der Waals surface area contributed by atoms with E-state index in [0.29, 0.717) is 0 Å². The zero-order chi connectivity index (χ0) is 36.8. The number of terminal acetylenes is 1. The quantitative estimate of drug-likeness (QED) is 0.0744. The first-order chi connectivity index (χ1) is 23.0. The van der Waals surface area contributed by atoms with Crippen LogP contribution in [0.1, 0.15) is 20.3 Å². The van der Waals surface area contributed by atoms with E-state index < -0.39 is 142 Å². The third-order valence-corrected chi connectivity index (χ3v) is 8.18. The summed E-state index contributed by atoms with van der Waals surface area (Å²) in [6.45, 7) is -1.01. The van der Waals surface area contributed by atoms with Gasteiger partial charge in [0.25, 0.3) is 5.79 Å². The number of hydrogen-bond donors (Lipinski definition) is 12. The third kappa shape index (κ3) is 9.19. The lowest BCUT2D eigenvalue weighted by Crippen LogP contribution is -2.71. The fraction of sp³-hybridized carbons (Fsp3) is 0.821. The van der Waals surface area contributed by atoms with E-state index in [9.17, 15) is 65.4 Å². The molecule has 21 heteroatoms. The van der Waals surface area contributed by atoms with Crippen LogP contribution >= 0.6 is 0 Å². The van der Waals surface area contributed by atoms with E-state index in [4.69, 9.17) is 34.8 Å². The number of carboxylic acid groups (broad SMARTS) is 1. The molecule has 0 bridgehead atoms. The summed E-state index contributed by atoms with van der Waals surface area (Å²) in [5, 5.41) is 109. The number of aliphatic hydroxyl groups is 9. The van der Waals surface area contributed by atoms with Crippen LogP contribution in [0.4, 0.5) is 0 Å². The highest BCUT2D eigenvalue weighted by Gasteiger charge is 2.60. The number of nitrogens with one attached hydrogen (secondary N) is 2. The monoisotopic (exact) mass is 712 g/mol. The van der Waals surface area contributed by atoms with Gasteiger partial charge in [0.15, 0.2) is 12.6 Å². The van der Waals surface area contributed by atoms with Crippen molar-refractivity contribution >= 4 is 17.8 Å². The molecule has 21 nitrogen and oxygen atoms in total. The number of carboxylic acids is 1. The standard InChI is InChI=1S/C28H44N2O19/c1-4-5-44-25-17(30-11(3)35)20(40)22(15(9-33)46-25)47-26-21(41)24(19(39)14(8-32)45-26)49-28(27(42)43)6-12(36)16(29-10(2)34)23(48-28)18(38)13(37)7-31/h1,12-26,31-33,36-41H,5-9H2,2-3H3,(H,29,34)(H,30,35)(H,42,43)/t12-,13+,14+,15+,16+,17+,18-,19-,20+,21+,22+,23+,24-,25+,26-,28-/m0/s1. The number of rotatable bonds is 14. The fourth-order valence-electron chi connectivity index (χ4n) is 5.82. The molecule has 0 saturated carbocycles. The summed E-state index contributed by atoms with van der Waals surface area (Å²) in [6, 6.07) is -2.91. The molecule has 2 amide bonds. The summed E-state index contributed by atoms with van der Waals surface area (Å²) < 4.78 is 33.4. The van der Waals surface area contributed by atoms with Gasteiger partial charge in [0.1, 0.15) is 73.7 Å². The molecule has 0 unspecified atom stereocenters. The largest absolute Gasteiger partial charge is 0.477 e. The van der Waals surface area contributed by atoms with E-state index in [1.807, 2.05) is 0 Å². The maximum absolute atomic E-state index is 12.7. The van der Waals surface area contributed by atoms with Gasteiger partial charge in [-0.15, -0.1) is 6.42 Å². The molecule has 0 aromatic rings. The molecule has 0 spiro atoms. The lowest BCUT2D eigenvalue weighted by atomic mass is 9.88. The van der Waals surface area contributed by atoms with E-state index in [-0.39, 0.29) is 6.61 Å². The van der Waals surface area contributed by atoms with Crippen molar-refractivity contribution in [3.63, 3.8) is 0 Å². The second-order valence-electron chi connectivity index (χ2n) is 11.7. The summed E-state index contributed by atoms with van der Waals surface area (Å²) in [5.41, 5.74) is 0. The van der Waals surface area contributed by atoms with Crippen LogP contribution in [-0.4, -0.2) is 193 Å². The Labute approximate surface area is 279 Å². The zero-order valence-corrected chi connectivity index (χ0v) is 26.4.